The van der Waals surface area contributed by atoms with E-state index in [0.717, 1.165) is 18.4 Å². The molecule has 218 valence electrons. The molecule has 1 aromatic carbocycles. The molecule has 5 rings (SSSR count). The van der Waals surface area contributed by atoms with Gasteiger partial charge in [0, 0.05) is 44.3 Å². The molecule has 2 aliphatic rings. The summed E-state index contributed by atoms with van der Waals surface area (Å²) in [7, 11) is 1.54. The fourth-order valence-electron chi connectivity index (χ4n) is 5.51. The van der Waals surface area contributed by atoms with Crippen molar-refractivity contribution in [2.45, 2.75) is 45.8 Å². The summed E-state index contributed by atoms with van der Waals surface area (Å²) in [5.41, 5.74) is 8.56. The first-order valence-electron chi connectivity index (χ1n) is 14.1. The van der Waals surface area contributed by atoms with Gasteiger partial charge in [0.1, 0.15) is 28.2 Å². The molecule has 2 fully saturated rings. The summed E-state index contributed by atoms with van der Waals surface area (Å²) >= 11 is 0. The zero-order valence-electron chi connectivity index (χ0n) is 24.0. The molecule has 1 atom stereocenters. The number of aromatic nitrogens is 3. The largest absolute Gasteiger partial charge is 0.497 e. The number of Topliss-reactive ketones (excluding diaryl/α,β-unsaturated/α-hetero) is 1. The minimum absolute atomic E-state index is 0.0462. The van der Waals surface area contributed by atoms with Crippen molar-refractivity contribution in [1.82, 2.24) is 19.0 Å². The molecule has 0 bridgehead atoms. The van der Waals surface area contributed by atoms with Gasteiger partial charge in [0.25, 0.3) is 11.5 Å². The maximum absolute atomic E-state index is 14.1. The van der Waals surface area contributed by atoms with Crippen LogP contribution < -0.4 is 20.9 Å². The number of ether oxygens (including phenoxy) is 2. The molecule has 1 amide bonds. The number of morpholine rings is 1. The topological polar surface area (TPSA) is 125 Å². The zero-order valence-corrected chi connectivity index (χ0v) is 24.0. The van der Waals surface area contributed by atoms with Gasteiger partial charge >= 0.3 is 0 Å². The van der Waals surface area contributed by atoms with Crippen LogP contribution in [-0.2, 0) is 17.8 Å². The molecular weight excluding hydrogens is 524 g/mol. The number of nitrogens with two attached hydrogens (primary N) is 1. The van der Waals surface area contributed by atoms with E-state index in [1.54, 1.807) is 29.2 Å². The van der Waals surface area contributed by atoms with Crippen LogP contribution in [0, 0.1) is 0 Å². The highest BCUT2D eigenvalue weighted by molar-refractivity contribution is 6.11. The van der Waals surface area contributed by atoms with E-state index in [-0.39, 0.29) is 29.8 Å². The third kappa shape index (κ3) is 5.91. The minimum atomic E-state index is -0.378. The Morgan fingerprint density at radius 2 is 1.98 bits per heavy atom. The van der Waals surface area contributed by atoms with Crippen LogP contribution in [0.2, 0.25) is 0 Å². The van der Waals surface area contributed by atoms with Gasteiger partial charge in [0.15, 0.2) is 5.78 Å². The van der Waals surface area contributed by atoms with Gasteiger partial charge in [-0.15, -0.1) is 0 Å². The molecule has 0 aliphatic carbocycles. The normalized spacial score (nSPS) is 17.5. The van der Waals surface area contributed by atoms with Crippen molar-refractivity contribution >= 4 is 28.5 Å². The maximum Gasteiger partial charge on any atom is 0.278 e. The van der Waals surface area contributed by atoms with E-state index in [1.807, 2.05) is 24.5 Å². The van der Waals surface area contributed by atoms with E-state index in [9.17, 15) is 14.4 Å². The van der Waals surface area contributed by atoms with Crippen LogP contribution in [-0.4, -0.2) is 83.3 Å². The lowest BCUT2D eigenvalue weighted by Crippen LogP contribution is -2.45. The lowest BCUT2D eigenvalue weighted by atomic mass is 10.1. The molecule has 11 heteroatoms. The quantitative estimate of drug-likeness (QED) is 0.328. The molecule has 3 aromatic rings. The first-order chi connectivity index (χ1) is 19.8. The second-order valence-electron chi connectivity index (χ2n) is 10.9. The molecule has 4 heterocycles. The zero-order chi connectivity index (χ0) is 29.1. The fourth-order valence-corrected chi connectivity index (χ4v) is 5.51. The molecule has 41 heavy (non-hydrogen) atoms. The number of carbonyl (C=O) groups is 2. The van der Waals surface area contributed by atoms with Gasteiger partial charge in [0.2, 0.25) is 0 Å². The Morgan fingerprint density at radius 1 is 1.20 bits per heavy atom. The highest BCUT2D eigenvalue weighted by Crippen LogP contribution is 2.34. The number of carbonyl (C=O) groups excluding carboxylic acids is 2. The number of anilines is 1. The average molecular weight is 563 g/mol. The number of nitrogens with zero attached hydrogens (tertiary/aromatic N) is 5. The highest BCUT2D eigenvalue weighted by atomic mass is 16.5. The van der Waals surface area contributed by atoms with Crippen molar-refractivity contribution in [3.8, 4) is 5.75 Å². The number of hydrogen-bond acceptors (Lipinski definition) is 8. The van der Waals surface area contributed by atoms with E-state index in [0.29, 0.717) is 79.7 Å². The first-order valence-corrected chi connectivity index (χ1v) is 14.1. The number of benzene rings is 1. The SMILES string of the molecule is COc1cccc(C(=O)Cn2cnc3c(C(=O)N4CCOCC4)c(N4CCCC(N)C4)n(CC=C(C)C)c3c2=O)c1. The standard InChI is InChI=1S/C30H38N6O5/c1-20(2)9-11-36-27-26(32-19-35(30(27)39)18-24(37)21-6-4-8-23(16-21)40-3)25(29(38)33-12-14-41-15-13-33)28(36)34-10-5-7-22(31)17-34/h4,6,8-9,16,19,22H,5,7,10-15,17-18,31H2,1-3H3. The summed E-state index contributed by atoms with van der Waals surface area (Å²) < 4.78 is 13.9. The number of fused-ring (bicyclic) bond motifs is 1. The summed E-state index contributed by atoms with van der Waals surface area (Å²) in [6.45, 7) is 7.28. The summed E-state index contributed by atoms with van der Waals surface area (Å²) in [5.74, 6) is 0.788. The van der Waals surface area contributed by atoms with Crippen molar-refractivity contribution in [1.29, 1.82) is 0 Å². The Labute approximate surface area is 239 Å². The van der Waals surface area contributed by atoms with Crippen LogP contribution in [0.25, 0.3) is 11.0 Å². The number of allylic oxidation sites excluding steroid dienone is 2. The van der Waals surface area contributed by atoms with Crippen LogP contribution in [0.5, 0.6) is 5.75 Å². The third-order valence-corrected chi connectivity index (χ3v) is 7.66. The molecule has 0 saturated carbocycles. The third-order valence-electron chi connectivity index (χ3n) is 7.66. The van der Waals surface area contributed by atoms with Crippen molar-refractivity contribution in [2.24, 2.45) is 5.73 Å². The van der Waals surface area contributed by atoms with Crippen molar-refractivity contribution in [3.63, 3.8) is 0 Å². The molecule has 2 aromatic heterocycles. The summed E-state index contributed by atoms with van der Waals surface area (Å²) in [6, 6.07) is 6.78. The summed E-state index contributed by atoms with van der Waals surface area (Å²) in [5, 5.41) is 0. The second-order valence-corrected chi connectivity index (χ2v) is 10.9. The number of ketones is 1. The molecule has 0 spiro atoms. The van der Waals surface area contributed by atoms with Crippen LogP contribution in [0.15, 0.2) is 47.0 Å². The predicted molar refractivity (Wildman–Crippen MR) is 157 cm³/mol. The summed E-state index contributed by atoms with van der Waals surface area (Å²) in [6.07, 6.45) is 5.17. The van der Waals surface area contributed by atoms with E-state index in [4.69, 9.17) is 15.2 Å². The molecular formula is C30H38N6O5. The molecule has 2 N–H and O–H groups in total. The van der Waals surface area contributed by atoms with Gasteiger partial charge in [0.05, 0.1) is 33.2 Å². The maximum atomic E-state index is 14.1. The van der Waals surface area contributed by atoms with Gasteiger partial charge in [-0.2, -0.15) is 0 Å². The highest BCUT2D eigenvalue weighted by Gasteiger charge is 2.34. The van der Waals surface area contributed by atoms with Crippen LogP contribution in [0.4, 0.5) is 5.82 Å². The fraction of sp³-hybridized carbons (Fsp3) is 0.467. The van der Waals surface area contributed by atoms with Gasteiger partial charge in [-0.05, 0) is 38.8 Å². The molecule has 0 radical (unpaired) electrons. The average Bonchev–Trinajstić information content (AvgIpc) is 3.32. The first kappa shape index (κ1) is 28.6. The van der Waals surface area contributed by atoms with Crippen LogP contribution in [0.1, 0.15) is 47.4 Å². The molecule has 2 aliphatic heterocycles. The second kappa shape index (κ2) is 12.3. The van der Waals surface area contributed by atoms with E-state index in [2.05, 4.69) is 9.88 Å². The van der Waals surface area contributed by atoms with Gasteiger partial charge in [-0.25, -0.2) is 4.98 Å². The molecule has 1 unspecified atom stereocenters. The number of hydrogen-bond donors (Lipinski definition) is 1. The number of amides is 1. The van der Waals surface area contributed by atoms with Gasteiger partial charge in [-0.3, -0.25) is 19.0 Å². The predicted octanol–water partition coefficient (Wildman–Crippen LogP) is 2.46. The van der Waals surface area contributed by atoms with Crippen LogP contribution >= 0.6 is 0 Å². The van der Waals surface area contributed by atoms with E-state index >= 15 is 0 Å². The number of rotatable bonds is 8. The van der Waals surface area contributed by atoms with E-state index < -0.39 is 0 Å². The Balaban J connectivity index is 1.68. The van der Waals surface area contributed by atoms with Crippen molar-refractivity contribution < 1.29 is 19.1 Å². The van der Waals surface area contributed by atoms with Crippen molar-refractivity contribution in [3.05, 3.63) is 63.7 Å². The van der Waals surface area contributed by atoms with Crippen molar-refractivity contribution in [2.75, 3.05) is 51.4 Å². The van der Waals surface area contributed by atoms with E-state index in [1.165, 1.54) is 18.0 Å². The monoisotopic (exact) mass is 562 g/mol. The lowest BCUT2D eigenvalue weighted by Gasteiger charge is -2.34. The molecule has 11 nitrogen and oxygen atoms in total. The van der Waals surface area contributed by atoms with Gasteiger partial charge in [-0.1, -0.05) is 23.8 Å². The molecule has 2 saturated heterocycles. The summed E-state index contributed by atoms with van der Waals surface area (Å²) in [4.78, 5) is 49.9. The Kier molecular flexibility index (Phi) is 8.55. The Hall–Kier alpha value is -3.96. The van der Waals surface area contributed by atoms with Gasteiger partial charge < -0.3 is 29.6 Å². The Morgan fingerprint density at radius 3 is 2.68 bits per heavy atom. The minimum Gasteiger partial charge on any atom is -0.497 e. The Bertz CT molecular complexity index is 1530. The lowest BCUT2D eigenvalue weighted by molar-refractivity contribution is 0.0304. The number of methoxy groups -OCH3 is 1. The number of piperidine rings is 1. The smallest absolute Gasteiger partial charge is 0.278 e. The van der Waals surface area contributed by atoms with Crippen LogP contribution in [0.3, 0.4) is 0 Å².